The number of aliphatic imine (C=N–C) groups is 2. The summed E-state index contributed by atoms with van der Waals surface area (Å²) in [4.78, 5) is 14.2. The maximum Gasteiger partial charge on any atom is 0.229 e. The van der Waals surface area contributed by atoms with Crippen molar-refractivity contribution in [2.45, 2.75) is 16.9 Å². The van der Waals surface area contributed by atoms with Crippen molar-refractivity contribution in [2.24, 2.45) is 9.98 Å². The van der Waals surface area contributed by atoms with Gasteiger partial charge in [-0.15, -0.1) is 12.4 Å². The smallest absolute Gasteiger partial charge is 0.229 e. The van der Waals surface area contributed by atoms with Crippen LogP contribution in [0.5, 0.6) is 0 Å². The molecule has 4 nitrogen and oxygen atoms in total. The molecule has 2 aliphatic rings. The molecule has 0 radical (unpaired) electrons. The van der Waals surface area contributed by atoms with Crippen LogP contribution in [0.3, 0.4) is 0 Å². The molecule has 1 unspecified atom stereocenters. The molecule has 120 valence electrons. The molecule has 22 heavy (non-hydrogen) atoms. The normalized spacial score (nSPS) is 24.0. The van der Waals surface area contributed by atoms with Crippen molar-refractivity contribution in [3.8, 4) is 0 Å². The van der Waals surface area contributed by atoms with Gasteiger partial charge in [-0.2, -0.15) is 4.99 Å². The number of benzene rings is 1. The van der Waals surface area contributed by atoms with Gasteiger partial charge in [-0.1, -0.05) is 52.6 Å². The highest BCUT2D eigenvalue weighted by Gasteiger charge is 2.26. The number of alkyl halides is 1. The lowest BCUT2D eigenvalue weighted by molar-refractivity contribution is 0.495. The van der Waals surface area contributed by atoms with E-state index in [4.69, 9.17) is 9.98 Å². The summed E-state index contributed by atoms with van der Waals surface area (Å²) in [6, 6.07) is 10.1. The molecule has 0 N–H and O–H groups in total. The summed E-state index contributed by atoms with van der Waals surface area (Å²) in [7, 11) is 2.10. The second-order valence-electron chi connectivity index (χ2n) is 5.18. The first-order chi connectivity index (χ1) is 10.2. The van der Waals surface area contributed by atoms with Crippen molar-refractivity contribution in [1.82, 2.24) is 9.80 Å². The number of rotatable bonds is 1. The number of guanidine groups is 1. The Bertz CT molecular complexity index is 552. The van der Waals surface area contributed by atoms with Crippen LogP contribution in [0.15, 0.2) is 40.3 Å². The minimum Gasteiger partial charge on any atom is -0.353 e. The number of para-hydroxylation sites is 1. The van der Waals surface area contributed by atoms with Crippen LogP contribution in [-0.4, -0.2) is 50.9 Å². The van der Waals surface area contributed by atoms with Gasteiger partial charge in [-0.25, -0.2) is 4.99 Å². The van der Waals surface area contributed by atoms with E-state index in [-0.39, 0.29) is 12.4 Å². The Balaban J connectivity index is 0.00000176. The fraction of sp³-hybridized carbons (Fsp3) is 0.467. The topological polar surface area (TPSA) is 31.2 Å². The van der Waals surface area contributed by atoms with Crippen LogP contribution in [-0.2, 0) is 0 Å². The van der Waals surface area contributed by atoms with Crippen LogP contribution >= 0.6 is 46.8 Å². The summed E-state index contributed by atoms with van der Waals surface area (Å²) in [6.07, 6.45) is 2.43. The van der Waals surface area contributed by atoms with Gasteiger partial charge in [0.05, 0.1) is 9.74 Å². The monoisotopic (exact) mass is 450 g/mol. The molecule has 1 aromatic rings. The molecule has 3 rings (SSSR count). The quantitative estimate of drug-likeness (QED) is 0.213. The number of hydrogen-bond acceptors (Lipinski definition) is 2. The predicted molar refractivity (Wildman–Crippen MR) is 107 cm³/mol. The first-order valence-corrected chi connectivity index (χ1v) is 9.44. The summed E-state index contributed by atoms with van der Waals surface area (Å²) >= 11 is 4.31. The van der Waals surface area contributed by atoms with Gasteiger partial charge in [0.1, 0.15) is 0 Å². The third-order valence-corrected chi connectivity index (χ3v) is 5.94. The minimum absolute atomic E-state index is 0. The summed E-state index contributed by atoms with van der Waals surface area (Å²) in [5, 5.41) is 1.08. The van der Waals surface area contributed by atoms with Crippen LogP contribution in [0.4, 0.5) is 5.69 Å². The van der Waals surface area contributed by atoms with Gasteiger partial charge in [0, 0.05) is 25.9 Å². The predicted octanol–water partition coefficient (Wildman–Crippen LogP) is 3.99. The molecule has 2 saturated heterocycles. The van der Waals surface area contributed by atoms with Gasteiger partial charge in [-0.05, 0) is 25.0 Å². The van der Waals surface area contributed by atoms with Crippen molar-refractivity contribution in [1.29, 1.82) is 0 Å². The van der Waals surface area contributed by atoms with Gasteiger partial charge < -0.3 is 9.80 Å². The van der Waals surface area contributed by atoms with Crippen LogP contribution in [0.2, 0.25) is 0 Å². The van der Waals surface area contributed by atoms with Crippen molar-refractivity contribution >= 4 is 63.6 Å². The van der Waals surface area contributed by atoms with Crippen molar-refractivity contribution in [2.75, 3.05) is 25.9 Å². The summed E-state index contributed by atoms with van der Waals surface area (Å²) in [5.74, 6) is 1.97. The molecule has 1 aromatic carbocycles. The summed E-state index contributed by atoms with van der Waals surface area (Å²) < 4.78 is 0.492. The van der Waals surface area contributed by atoms with E-state index in [1.165, 1.54) is 12.8 Å². The van der Waals surface area contributed by atoms with Crippen LogP contribution in [0.25, 0.3) is 0 Å². The molecular weight excluding hydrogens is 431 g/mol. The lowest BCUT2D eigenvalue weighted by Gasteiger charge is -2.22. The third-order valence-electron chi connectivity index (χ3n) is 3.60. The molecule has 0 aromatic heterocycles. The Morgan fingerprint density at radius 2 is 2.05 bits per heavy atom. The van der Waals surface area contributed by atoms with E-state index < -0.39 is 0 Å². The first-order valence-electron chi connectivity index (χ1n) is 7.21. The molecule has 0 aliphatic carbocycles. The van der Waals surface area contributed by atoms with E-state index in [1.54, 1.807) is 0 Å². The average molecular weight is 451 g/mol. The second kappa shape index (κ2) is 8.40. The maximum atomic E-state index is 4.86. The van der Waals surface area contributed by atoms with Crippen LogP contribution in [0, 0.1) is 0 Å². The van der Waals surface area contributed by atoms with E-state index in [0.717, 1.165) is 35.7 Å². The van der Waals surface area contributed by atoms with Gasteiger partial charge in [-0.3, -0.25) is 0 Å². The molecule has 2 fully saturated rings. The van der Waals surface area contributed by atoms with E-state index in [2.05, 4.69) is 39.4 Å². The summed E-state index contributed by atoms with van der Waals surface area (Å²) in [5.41, 5.74) is 0.970. The SMILES string of the molecule is CN1CCSC1=NC(=Nc1ccccc1)N1CCCC1I.Cl. The number of nitrogens with zero attached hydrogens (tertiary/aromatic N) is 4. The molecule has 2 aliphatic heterocycles. The lowest BCUT2D eigenvalue weighted by Crippen LogP contribution is -2.32. The molecule has 0 saturated carbocycles. The third kappa shape index (κ3) is 4.29. The average Bonchev–Trinajstić information content (AvgIpc) is 3.08. The maximum absolute atomic E-state index is 4.86. The Morgan fingerprint density at radius 1 is 1.27 bits per heavy atom. The fourth-order valence-electron chi connectivity index (χ4n) is 2.41. The van der Waals surface area contributed by atoms with Gasteiger partial charge in [0.15, 0.2) is 5.17 Å². The minimum atomic E-state index is 0. The molecule has 0 spiro atoms. The van der Waals surface area contributed by atoms with Crippen molar-refractivity contribution < 1.29 is 0 Å². The van der Waals surface area contributed by atoms with Gasteiger partial charge in [0.2, 0.25) is 5.96 Å². The molecule has 0 bridgehead atoms. The largest absolute Gasteiger partial charge is 0.353 e. The van der Waals surface area contributed by atoms with Crippen molar-refractivity contribution in [3.63, 3.8) is 0 Å². The Hall–Kier alpha value is -0.470. The Labute approximate surface area is 156 Å². The zero-order valence-electron chi connectivity index (χ0n) is 12.5. The Kier molecular flexibility index (Phi) is 6.83. The standard InChI is InChI=1S/C15H19IN4S.ClH/c1-19-10-11-21-15(19)18-14(20-9-5-8-13(20)16)17-12-6-3-2-4-7-12;/h2-4,6-7,13H,5,8-11H2,1H3;1H. The molecule has 1 atom stereocenters. The number of halogens is 2. The number of thioether (sulfide) groups is 1. The van der Waals surface area contributed by atoms with Crippen LogP contribution < -0.4 is 0 Å². The number of likely N-dealkylation sites (tertiary alicyclic amines) is 1. The number of hydrogen-bond donors (Lipinski definition) is 0. The molecule has 7 heteroatoms. The summed E-state index contributed by atoms with van der Waals surface area (Å²) in [6.45, 7) is 2.11. The Morgan fingerprint density at radius 3 is 2.64 bits per heavy atom. The number of amidine groups is 1. The van der Waals surface area contributed by atoms with E-state index in [0.29, 0.717) is 4.05 Å². The second-order valence-corrected chi connectivity index (χ2v) is 7.68. The lowest BCUT2D eigenvalue weighted by atomic mass is 10.3. The fourth-order valence-corrected chi connectivity index (χ4v) is 4.38. The van der Waals surface area contributed by atoms with E-state index >= 15 is 0 Å². The van der Waals surface area contributed by atoms with Gasteiger partial charge in [0.25, 0.3) is 0 Å². The van der Waals surface area contributed by atoms with Crippen LogP contribution in [0.1, 0.15) is 12.8 Å². The highest BCUT2D eigenvalue weighted by atomic mass is 127. The molecular formula is C15H20ClIN4S. The highest BCUT2D eigenvalue weighted by Crippen LogP contribution is 2.26. The zero-order chi connectivity index (χ0) is 14.7. The first kappa shape index (κ1) is 17.9. The van der Waals surface area contributed by atoms with Crippen molar-refractivity contribution in [3.05, 3.63) is 30.3 Å². The highest BCUT2D eigenvalue weighted by molar-refractivity contribution is 14.1. The zero-order valence-corrected chi connectivity index (χ0v) is 16.3. The van der Waals surface area contributed by atoms with Gasteiger partial charge >= 0.3 is 0 Å². The molecule has 0 amide bonds. The van der Waals surface area contributed by atoms with E-state index in [1.807, 2.05) is 42.1 Å². The van der Waals surface area contributed by atoms with E-state index in [9.17, 15) is 0 Å². The molecule has 2 heterocycles.